The van der Waals surface area contributed by atoms with E-state index in [1.165, 1.54) is 20.0 Å². The average molecular weight is 277 g/mol. The lowest BCUT2D eigenvalue weighted by atomic mass is 10.1. The zero-order chi connectivity index (χ0) is 14.5. The maximum Gasteiger partial charge on any atom is 0.337 e. The Labute approximate surface area is 120 Å². The molecule has 5 nitrogen and oxygen atoms in total. The second-order valence-electron chi connectivity index (χ2n) is 5.08. The zero-order valence-corrected chi connectivity index (χ0v) is 12.2. The van der Waals surface area contributed by atoms with E-state index in [4.69, 9.17) is 5.73 Å². The monoisotopic (exact) mass is 277 g/mol. The Morgan fingerprint density at radius 3 is 2.80 bits per heavy atom. The second-order valence-corrected chi connectivity index (χ2v) is 5.08. The van der Waals surface area contributed by atoms with Crippen LogP contribution in [0.15, 0.2) is 18.2 Å². The summed E-state index contributed by atoms with van der Waals surface area (Å²) in [6, 6.07) is 5.98. The minimum absolute atomic E-state index is 0.367. The van der Waals surface area contributed by atoms with Crippen LogP contribution in [0.25, 0.3) is 0 Å². The summed E-state index contributed by atoms with van der Waals surface area (Å²) in [5.41, 5.74) is 7.86. The van der Waals surface area contributed by atoms with Gasteiger partial charge in [0.25, 0.3) is 0 Å². The normalized spacial score (nSPS) is 14.3. The number of hydrogen-bond donors (Lipinski definition) is 2. The van der Waals surface area contributed by atoms with Crippen LogP contribution in [0.3, 0.4) is 0 Å². The van der Waals surface area contributed by atoms with Gasteiger partial charge in [-0.15, -0.1) is 0 Å². The van der Waals surface area contributed by atoms with Crippen LogP contribution in [0.1, 0.15) is 30.1 Å². The molecule has 5 heteroatoms. The SMILES string of the molecule is CCN(CCNc1ccc(C(=O)OC)cc1N)C1CC1. The van der Waals surface area contributed by atoms with Gasteiger partial charge < -0.3 is 15.8 Å². The van der Waals surface area contributed by atoms with Crippen molar-refractivity contribution in [3.63, 3.8) is 0 Å². The third kappa shape index (κ3) is 3.63. The number of hydrogen-bond acceptors (Lipinski definition) is 5. The minimum Gasteiger partial charge on any atom is -0.465 e. The van der Waals surface area contributed by atoms with Gasteiger partial charge in [0.2, 0.25) is 0 Å². The molecule has 0 amide bonds. The van der Waals surface area contributed by atoms with Crippen molar-refractivity contribution in [3.8, 4) is 0 Å². The summed E-state index contributed by atoms with van der Waals surface area (Å²) in [5.74, 6) is -0.367. The molecule has 0 aromatic heterocycles. The number of nitrogen functional groups attached to an aromatic ring is 1. The van der Waals surface area contributed by atoms with Gasteiger partial charge in [-0.2, -0.15) is 0 Å². The summed E-state index contributed by atoms with van der Waals surface area (Å²) in [5, 5.41) is 3.33. The van der Waals surface area contributed by atoms with Gasteiger partial charge in [0, 0.05) is 19.1 Å². The summed E-state index contributed by atoms with van der Waals surface area (Å²) < 4.78 is 4.67. The molecule has 0 atom stereocenters. The number of carbonyl (C=O) groups excluding carboxylic acids is 1. The summed E-state index contributed by atoms with van der Waals surface area (Å²) >= 11 is 0. The summed E-state index contributed by atoms with van der Waals surface area (Å²) in [7, 11) is 1.36. The summed E-state index contributed by atoms with van der Waals surface area (Å²) in [6.07, 6.45) is 2.65. The van der Waals surface area contributed by atoms with E-state index < -0.39 is 0 Å². The van der Waals surface area contributed by atoms with E-state index in [0.29, 0.717) is 11.3 Å². The topological polar surface area (TPSA) is 67.6 Å². The van der Waals surface area contributed by atoms with Gasteiger partial charge in [-0.1, -0.05) is 6.92 Å². The molecule has 3 N–H and O–H groups in total. The molecule has 1 saturated carbocycles. The van der Waals surface area contributed by atoms with Crippen LogP contribution in [-0.2, 0) is 4.74 Å². The lowest BCUT2D eigenvalue weighted by molar-refractivity contribution is 0.0601. The fraction of sp³-hybridized carbons (Fsp3) is 0.533. The van der Waals surface area contributed by atoms with Gasteiger partial charge in [-0.3, -0.25) is 4.90 Å². The molecule has 1 aliphatic rings. The van der Waals surface area contributed by atoms with Gasteiger partial charge in [0.15, 0.2) is 0 Å². The summed E-state index contributed by atoms with van der Waals surface area (Å²) in [4.78, 5) is 13.9. The first-order valence-electron chi connectivity index (χ1n) is 7.11. The van der Waals surface area contributed by atoms with E-state index in [9.17, 15) is 4.79 Å². The van der Waals surface area contributed by atoms with E-state index in [2.05, 4.69) is 21.9 Å². The Bertz CT molecular complexity index is 472. The molecule has 0 saturated heterocycles. The Hall–Kier alpha value is -1.75. The van der Waals surface area contributed by atoms with Crippen molar-refractivity contribution in [1.29, 1.82) is 0 Å². The van der Waals surface area contributed by atoms with E-state index in [1.54, 1.807) is 12.1 Å². The number of rotatable bonds is 7. The Balaban J connectivity index is 1.87. The molecule has 1 aromatic rings. The molecule has 0 unspecified atom stereocenters. The lowest BCUT2D eigenvalue weighted by Crippen LogP contribution is -2.31. The Morgan fingerprint density at radius 2 is 2.25 bits per heavy atom. The molecule has 0 bridgehead atoms. The zero-order valence-electron chi connectivity index (χ0n) is 12.2. The van der Waals surface area contributed by atoms with Gasteiger partial charge in [-0.25, -0.2) is 4.79 Å². The van der Waals surface area contributed by atoms with Crippen molar-refractivity contribution in [1.82, 2.24) is 4.90 Å². The Kier molecular flexibility index (Phi) is 4.84. The van der Waals surface area contributed by atoms with Crippen molar-refractivity contribution in [3.05, 3.63) is 23.8 Å². The van der Waals surface area contributed by atoms with Crippen molar-refractivity contribution in [2.75, 3.05) is 37.8 Å². The number of methoxy groups -OCH3 is 1. The predicted molar refractivity (Wildman–Crippen MR) is 81.0 cm³/mol. The second kappa shape index (κ2) is 6.61. The number of ether oxygens (including phenoxy) is 1. The third-order valence-corrected chi connectivity index (χ3v) is 3.66. The van der Waals surface area contributed by atoms with Crippen LogP contribution in [0.5, 0.6) is 0 Å². The van der Waals surface area contributed by atoms with Crippen LogP contribution >= 0.6 is 0 Å². The van der Waals surface area contributed by atoms with Crippen molar-refractivity contribution >= 4 is 17.3 Å². The molecule has 110 valence electrons. The van der Waals surface area contributed by atoms with Gasteiger partial charge in [0.05, 0.1) is 24.0 Å². The first-order valence-corrected chi connectivity index (χ1v) is 7.11. The quantitative estimate of drug-likeness (QED) is 0.589. The van der Waals surface area contributed by atoms with E-state index in [-0.39, 0.29) is 5.97 Å². The first-order chi connectivity index (χ1) is 9.65. The largest absolute Gasteiger partial charge is 0.465 e. The Morgan fingerprint density at radius 1 is 1.50 bits per heavy atom. The number of anilines is 2. The third-order valence-electron chi connectivity index (χ3n) is 3.66. The number of nitrogens with two attached hydrogens (primary N) is 1. The standard InChI is InChI=1S/C15H23N3O2/c1-3-18(12-5-6-12)9-8-17-14-7-4-11(10-13(14)16)15(19)20-2/h4,7,10,12,17H,3,5-6,8-9,16H2,1-2H3. The number of carbonyl (C=O) groups is 1. The number of likely N-dealkylation sites (N-methyl/N-ethyl adjacent to an activating group) is 1. The van der Waals surface area contributed by atoms with Crippen LogP contribution in [0.2, 0.25) is 0 Å². The van der Waals surface area contributed by atoms with Crippen molar-refractivity contribution < 1.29 is 9.53 Å². The van der Waals surface area contributed by atoms with Gasteiger partial charge in [0.1, 0.15) is 0 Å². The van der Waals surface area contributed by atoms with Gasteiger partial charge in [-0.05, 0) is 37.6 Å². The molecule has 2 rings (SSSR count). The van der Waals surface area contributed by atoms with Crippen molar-refractivity contribution in [2.45, 2.75) is 25.8 Å². The maximum atomic E-state index is 11.4. The summed E-state index contributed by atoms with van der Waals surface area (Å²) in [6.45, 7) is 5.15. The predicted octanol–water partition coefficient (Wildman–Crippen LogP) is 1.95. The number of benzene rings is 1. The van der Waals surface area contributed by atoms with E-state index in [0.717, 1.165) is 31.4 Å². The highest BCUT2D eigenvalue weighted by Crippen LogP contribution is 2.26. The molecule has 0 spiro atoms. The molecule has 0 heterocycles. The average Bonchev–Trinajstić information content (AvgIpc) is 3.28. The van der Waals surface area contributed by atoms with E-state index in [1.807, 2.05) is 6.07 Å². The van der Waals surface area contributed by atoms with E-state index >= 15 is 0 Å². The molecular weight excluding hydrogens is 254 g/mol. The van der Waals surface area contributed by atoms with Crippen LogP contribution in [0.4, 0.5) is 11.4 Å². The molecule has 1 aromatic carbocycles. The van der Waals surface area contributed by atoms with Gasteiger partial charge >= 0.3 is 5.97 Å². The number of nitrogens with zero attached hydrogens (tertiary/aromatic N) is 1. The highest BCUT2D eigenvalue weighted by atomic mass is 16.5. The molecule has 0 radical (unpaired) electrons. The highest BCUT2D eigenvalue weighted by molar-refractivity contribution is 5.91. The van der Waals surface area contributed by atoms with Crippen LogP contribution in [-0.4, -0.2) is 43.7 Å². The molecule has 0 aliphatic heterocycles. The fourth-order valence-electron chi connectivity index (χ4n) is 2.34. The first kappa shape index (κ1) is 14.7. The molecule has 20 heavy (non-hydrogen) atoms. The number of nitrogens with one attached hydrogen (secondary N) is 1. The van der Waals surface area contributed by atoms with Crippen molar-refractivity contribution in [2.24, 2.45) is 0 Å². The molecule has 1 fully saturated rings. The lowest BCUT2D eigenvalue weighted by Gasteiger charge is -2.20. The minimum atomic E-state index is -0.367. The molecule has 1 aliphatic carbocycles. The fourth-order valence-corrected chi connectivity index (χ4v) is 2.34. The maximum absolute atomic E-state index is 11.4. The van der Waals surface area contributed by atoms with Crippen LogP contribution < -0.4 is 11.1 Å². The number of esters is 1. The molecular formula is C15H23N3O2. The highest BCUT2D eigenvalue weighted by Gasteiger charge is 2.27. The smallest absolute Gasteiger partial charge is 0.337 e. The van der Waals surface area contributed by atoms with Crippen LogP contribution in [0, 0.1) is 0 Å².